The average molecular weight is 360 g/mol. The maximum absolute atomic E-state index is 13.3. The summed E-state index contributed by atoms with van der Waals surface area (Å²) in [6.45, 7) is 8.48. The molecule has 2 rings (SSSR count). The number of hydrogen-bond donors (Lipinski definition) is 0. The van der Waals surface area contributed by atoms with Gasteiger partial charge in [-0.2, -0.15) is 0 Å². The summed E-state index contributed by atoms with van der Waals surface area (Å²) in [6.07, 6.45) is 0. The molecule has 26 heavy (non-hydrogen) atoms. The average Bonchev–Trinajstić information content (AvgIpc) is 2.62. The standard InChI is InChI=1S/C21H26F2N2O/c1-5-25(15(2)3)14-16-6-9-18(10-7-16)21(26)24(4)13-17-8-11-19(22)20(23)12-17/h6-12,15H,5,13-14H2,1-4H3. The number of rotatable bonds is 7. The Labute approximate surface area is 154 Å². The molecule has 0 bridgehead atoms. The fraction of sp³-hybridized carbons (Fsp3) is 0.381. The number of nitrogens with zero attached hydrogens (tertiary/aromatic N) is 2. The maximum atomic E-state index is 13.3. The molecule has 3 nitrogen and oxygen atoms in total. The summed E-state index contributed by atoms with van der Waals surface area (Å²) in [7, 11) is 1.65. The molecule has 0 heterocycles. The second-order valence-electron chi connectivity index (χ2n) is 6.76. The lowest BCUT2D eigenvalue weighted by molar-refractivity contribution is 0.0785. The molecule has 5 heteroatoms. The quantitative estimate of drug-likeness (QED) is 0.727. The third kappa shape index (κ3) is 5.11. The van der Waals surface area contributed by atoms with Crippen molar-refractivity contribution in [1.29, 1.82) is 0 Å². The minimum absolute atomic E-state index is 0.155. The third-order valence-corrected chi connectivity index (χ3v) is 4.47. The van der Waals surface area contributed by atoms with E-state index in [1.165, 1.54) is 11.0 Å². The fourth-order valence-electron chi connectivity index (χ4n) is 2.85. The Morgan fingerprint density at radius 2 is 1.58 bits per heavy atom. The van der Waals surface area contributed by atoms with Crippen molar-refractivity contribution in [3.05, 3.63) is 70.8 Å². The molecule has 0 aromatic heterocycles. The van der Waals surface area contributed by atoms with E-state index in [0.717, 1.165) is 30.8 Å². The highest BCUT2D eigenvalue weighted by molar-refractivity contribution is 5.94. The normalized spacial score (nSPS) is 11.2. The molecule has 0 unspecified atom stereocenters. The van der Waals surface area contributed by atoms with Gasteiger partial charge in [-0.05, 0) is 55.8 Å². The van der Waals surface area contributed by atoms with Gasteiger partial charge in [0.25, 0.3) is 5.91 Å². The summed E-state index contributed by atoms with van der Waals surface area (Å²) in [5.41, 5.74) is 2.28. The van der Waals surface area contributed by atoms with Crippen LogP contribution >= 0.6 is 0 Å². The van der Waals surface area contributed by atoms with Crippen molar-refractivity contribution in [2.45, 2.75) is 39.9 Å². The molecule has 0 spiro atoms. The van der Waals surface area contributed by atoms with Crippen LogP contribution in [0.2, 0.25) is 0 Å². The van der Waals surface area contributed by atoms with Crippen molar-refractivity contribution in [3.8, 4) is 0 Å². The minimum atomic E-state index is -0.904. The van der Waals surface area contributed by atoms with E-state index < -0.39 is 11.6 Å². The van der Waals surface area contributed by atoms with Gasteiger partial charge in [0.2, 0.25) is 0 Å². The molecule has 0 radical (unpaired) electrons. The molecular weight excluding hydrogens is 334 g/mol. The molecule has 0 fully saturated rings. The number of hydrogen-bond acceptors (Lipinski definition) is 2. The van der Waals surface area contributed by atoms with E-state index in [0.29, 0.717) is 17.2 Å². The summed E-state index contributed by atoms with van der Waals surface area (Å²) >= 11 is 0. The summed E-state index contributed by atoms with van der Waals surface area (Å²) in [5, 5.41) is 0. The van der Waals surface area contributed by atoms with Crippen LogP contribution in [0.3, 0.4) is 0 Å². The minimum Gasteiger partial charge on any atom is -0.337 e. The fourth-order valence-corrected chi connectivity index (χ4v) is 2.85. The van der Waals surface area contributed by atoms with E-state index in [9.17, 15) is 13.6 Å². The highest BCUT2D eigenvalue weighted by atomic mass is 19.2. The Hall–Kier alpha value is -2.27. The van der Waals surface area contributed by atoms with Crippen LogP contribution in [0, 0.1) is 11.6 Å². The molecule has 0 saturated heterocycles. The van der Waals surface area contributed by atoms with Crippen molar-refractivity contribution in [2.24, 2.45) is 0 Å². The number of amides is 1. The van der Waals surface area contributed by atoms with E-state index >= 15 is 0 Å². The molecule has 0 aliphatic heterocycles. The van der Waals surface area contributed by atoms with Crippen molar-refractivity contribution in [3.63, 3.8) is 0 Å². The van der Waals surface area contributed by atoms with Crippen LogP contribution in [0.15, 0.2) is 42.5 Å². The van der Waals surface area contributed by atoms with Gasteiger partial charge >= 0.3 is 0 Å². The van der Waals surface area contributed by atoms with Crippen LogP contribution in [0.1, 0.15) is 42.3 Å². The van der Waals surface area contributed by atoms with Gasteiger partial charge in [0.15, 0.2) is 11.6 Å². The lowest BCUT2D eigenvalue weighted by Crippen LogP contribution is -2.30. The smallest absolute Gasteiger partial charge is 0.253 e. The van der Waals surface area contributed by atoms with Gasteiger partial charge in [-0.25, -0.2) is 8.78 Å². The van der Waals surface area contributed by atoms with Crippen LogP contribution in [0.25, 0.3) is 0 Å². The van der Waals surface area contributed by atoms with Gasteiger partial charge in [0.1, 0.15) is 0 Å². The predicted molar refractivity (Wildman–Crippen MR) is 99.8 cm³/mol. The Bertz CT molecular complexity index is 744. The first-order valence-corrected chi connectivity index (χ1v) is 8.84. The van der Waals surface area contributed by atoms with E-state index in [2.05, 4.69) is 25.7 Å². The van der Waals surface area contributed by atoms with Gasteiger partial charge in [0, 0.05) is 31.7 Å². The van der Waals surface area contributed by atoms with Gasteiger partial charge in [-0.1, -0.05) is 25.1 Å². The Kier molecular flexibility index (Phi) is 6.86. The monoisotopic (exact) mass is 360 g/mol. The van der Waals surface area contributed by atoms with Crippen LogP contribution in [-0.4, -0.2) is 35.3 Å². The highest BCUT2D eigenvalue weighted by Crippen LogP contribution is 2.14. The maximum Gasteiger partial charge on any atom is 0.253 e. The van der Waals surface area contributed by atoms with Crippen LogP contribution in [0.5, 0.6) is 0 Å². The van der Waals surface area contributed by atoms with E-state index in [1.54, 1.807) is 7.05 Å². The van der Waals surface area contributed by atoms with E-state index in [4.69, 9.17) is 0 Å². The molecule has 2 aromatic rings. The van der Waals surface area contributed by atoms with E-state index in [-0.39, 0.29) is 12.5 Å². The van der Waals surface area contributed by atoms with Gasteiger partial charge in [-0.3, -0.25) is 9.69 Å². The lowest BCUT2D eigenvalue weighted by Gasteiger charge is -2.25. The zero-order chi connectivity index (χ0) is 19.3. The number of benzene rings is 2. The predicted octanol–water partition coefficient (Wildman–Crippen LogP) is 4.47. The molecule has 0 aliphatic carbocycles. The Morgan fingerprint density at radius 3 is 2.12 bits per heavy atom. The topological polar surface area (TPSA) is 23.6 Å². The third-order valence-electron chi connectivity index (χ3n) is 4.47. The first-order valence-electron chi connectivity index (χ1n) is 8.84. The zero-order valence-electron chi connectivity index (χ0n) is 15.8. The van der Waals surface area contributed by atoms with Gasteiger partial charge < -0.3 is 4.90 Å². The molecule has 2 aromatic carbocycles. The van der Waals surface area contributed by atoms with Crippen molar-refractivity contribution in [1.82, 2.24) is 9.80 Å². The van der Waals surface area contributed by atoms with Crippen LogP contribution in [-0.2, 0) is 13.1 Å². The van der Waals surface area contributed by atoms with Crippen LogP contribution < -0.4 is 0 Å². The SMILES string of the molecule is CCN(Cc1ccc(C(=O)N(C)Cc2ccc(F)c(F)c2)cc1)C(C)C. The second-order valence-corrected chi connectivity index (χ2v) is 6.76. The molecular formula is C21H26F2N2O. The Balaban J connectivity index is 2.03. The number of carbonyl (C=O) groups excluding carboxylic acids is 1. The molecule has 140 valence electrons. The summed E-state index contributed by atoms with van der Waals surface area (Å²) in [6, 6.07) is 11.7. The molecule has 0 N–H and O–H groups in total. The Morgan fingerprint density at radius 1 is 0.962 bits per heavy atom. The first-order chi connectivity index (χ1) is 12.3. The van der Waals surface area contributed by atoms with Gasteiger partial charge in [0.05, 0.1) is 0 Å². The number of carbonyl (C=O) groups is 1. The van der Waals surface area contributed by atoms with Crippen molar-refractivity contribution < 1.29 is 13.6 Å². The molecule has 0 atom stereocenters. The second kappa shape index (κ2) is 8.90. The van der Waals surface area contributed by atoms with Crippen LogP contribution in [0.4, 0.5) is 8.78 Å². The van der Waals surface area contributed by atoms with Crippen molar-refractivity contribution in [2.75, 3.05) is 13.6 Å². The molecule has 0 aliphatic rings. The van der Waals surface area contributed by atoms with E-state index in [1.807, 2.05) is 24.3 Å². The zero-order valence-corrected chi connectivity index (χ0v) is 15.8. The number of halogens is 2. The van der Waals surface area contributed by atoms with Crippen molar-refractivity contribution >= 4 is 5.91 Å². The summed E-state index contributed by atoms with van der Waals surface area (Å²) in [4.78, 5) is 16.4. The lowest BCUT2D eigenvalue weighted by atomic mass is 10.1. The largest absolute Gasteiger partial charge is 0.337 e. The summed E-state index contributed by atoms with van der Waals surface area (Å²) < 4.78 is 26.3. The first kappa shape index (κ1) is 20.0. The molecule has 0 saturated carbocycles. The van der Waals surface area contributed by atoms with Gasteiger partial charge in [-0.15, -0.1) is 0 Å². The highest BCUT2D eigenvalue weighted by Gasteiger charge is 2.14. The summed E-state index contributed by atoms with van der Waals surface area (Å²) in [5.74, 6) is -1.95. The molecule has 1 amide bonds.